The van der Waals surface area contributed by atoms with Crippen LogP contribution in [0.1, 0.15) is 17.0 Å². The van der Waals surface area contributed by atoms with Crippen LogP contribution in [0, 0.1) is 13.8 Å². The predicted octanol–water partition coefficient (Wildman–Crippen LogP) is 2.80. The molecule has 0 amide bonds. The van der Waals surface area contributed by atoms with Crippen molar-refractivity contribution in [2.45, 2.75) is 20.3 Å². The van der Waals surface area contributed by atoms with Crippen LogP contribution in [-0.2, 0) is 13.5 Å². The third kappa shape index (κ3) is 2.08. The first-order chi connectivity index (χ1) is 9.58. The van der Waals surface area contributed by atoms with Crippen LogP contribution in [0.5, 0.6) is 0 Å². The highest BCUT2D eigenvalue weighted by atomic mass is 32.1. The number of rotatable bonds is 1. The summed E-state index contributed by atoms with van der Waals surface area (Å²) in [4.78, 5) is 2.16. The lowest BCUT2D eigenvalue weighted by Gasteiger charge is -2.21. The number of aryl methyl sites for hydroxylation is 2. The molecule has 0 bridgehead atoms. The Morgan fingerprint density at radius 3 is 2.75 bits per heavy atom. The van der Waals surface area contributed by atoms with Gasteiger partial charge >= 0.3 is 0 Å². The van der Waals surface area contributed by atoms with Gasteiger partial charge in [-0.25, -0.2) is 0 Å². The van der Waals surface area contributed by atoms with Crippen molar-refractivity contribution in [1.82, 2.24) is 9.78 Å². The molecular weight excluding hydrogens is 268 g/mol. The van der Waals surface area contributed by atoms with E-state index in [-0.39, 0.29) is 0 Å². The van der Waals surface area contributed by atoms with Crippen LogP contribution in [0.4, 0.5) is 11.4 Å². The molecule has 20 heavy (non-hydrogen) atoms. The van der Waals surface area contributed by atoms with Gasteiger partial charge in [0.25, 0.3) is 0 Å². The summed E-state index contributed by atoms with van der Waals surface area (Å²) in [6, 6.07) is 8.42. The van der Waals surface area contributed by atoms with Gasteiger partial charge in [-0.2, -0.15) is 5.10 Å². The number of aromatic nitrogens is 2. The first kappa shape index (κ1) is 13.1. The van der Waals surface area contributed by atoms with Crippen molar-refractivity contribution in [3.05, 3.63) is 41.2 Å². The summed E-state index contributed by atoms with van der Waals surface area (Å²) < 4.78 is 1.87. The van der Waals surface area contributed by atoms with Crippen molar-refractivity contribution in [2.24, 2.45) is 7.05 Å². The van der Waals surface area contributed by atoms with Gasteiger partial charge in [0, 0.05) is 19.3 Å². The second kappa shape index (κ2) is 4.90. The van der Waals surface area contributed by atoms with Crippen LogP contribution in [-0.4, -0.2) is 21.4 Å². The van der Waals surface area contributed by atoms with E-state index in [0.29, 0.717) is 0 Å². The maximum Gasteiger partial charge on any atom is 0.178 e. The lowest BCUT2D eigenvalue weighted by atomic mass is 10.2. The highest BCUT2D eigenvalue weighted by Gasteiger charge is 2.22. The maximum absolute atomic E-state index is 5.58. The highest BCUT2D eigenvalue weighted by Crippen LogP contribution is 2.28. The third-order valence-electron chi connectivity index (χ3n) is 3.87. The first-order valence-electron chi connectivity index (χ1n) is 6.74. The predicted molar refractivity (Wildman–Crippen MR) is 86.4 cm³/mol. The minimum Gasteiger partial charge on any atom is -0.329 e. The highest BCUT2D eigenvalue weighted by molar-refractivity contribution is 7.80. The molecule has 5 heteroatoms. The SMILES string of the molecule is Cc1nn(C)c(C)c1NC(=S)N1CCc2ccccc21. The molecule has 0 atom stereocenters. The molecule has 1 N–H and O–H groups in total. The van der Waals surface area contributed by atoms with Gasteiger partial charge in [0.1, 0.15) is 0 Å². The molecule has 0 aliphatic carbocycles. The number of anilines is 2. The van der Waals surface area contributed by atoms with Crippen molar-refractivity contribution in [2.75, 3.05) is 16.8 Å². The second-order valence-corrected chi connectivity index (χ2v) is 5.52. The van der Waals surface area contributed by atoms with E-state index in [9.17, 15) is 0 Å². The average molecular weight is 286 g/mol. The molecule has 0 saturated heterocycles. The number of nitrogens with zero attached hydrogens (tertiary/aromatic N) is 3. The molecule has 1 aliphatic heterocycles. The van der Waals surface area contributed by atoms with Gasteiger partial charge in [-0.3, -0.25) is 4.68 Å². The second-order valence-electron chi connectivity index (χ2n) is 5.13. The van der Waals surface area contributed by atoms with E-state index < -0.39 is 0 Å². The summed E-state index contributed by atoms with van der Waals surface area (Å²) in [6.45, 7) is 4.97. The summed E-state index contributed by atoms with van der Waals surface area (Å²) in [6.07, 6.45) is 1.04. The fourth-order valence-corrected chi connectivity index (χ4v) is 2.97. The van der Waals surface area contributed by atoms with Crippen LogP contribution in [0.15, 0.2) is 24.3 Å². The molecule has 0 fully saturated rings. The molecule has 4 nitrogen and oxygen atoms in total. The zero-order valence-electron chi connectivity index (χ0n) is 12.0. The Morgan fingerprint density at radius 1 is 1.30 bits per heavy atom. The largest absolute Gasteiger partial charge is 0.329 e. The Balaban J connectivity index is 1.85. The number of thiocarbonyl (C=S) groups is 1. The Morgan fingerprint density at radius 2 is 2.05 bits per heavy atom. The van der Waals surface area contributed by atoms with Crippen LogP contribution < -0.4 is 10.2 Å². The van der Waals surface area contributed by atoms with Gasteiger partial charge in [0.15, 0.2) is 5.11 Å². The van der Waals surface area contributed by atoms with Crippen molar-refractivity contribution in [1.29, 1.82) is 0 Å². The molecule has 1 aromatic heterocycles. The summed E-state index contributed by atoms with van der Waals surface area (Å²) in [5.74, 6) is 0. The zero-order valence-corrected chi connectivity index (χ0v) is 12.8. The Kier molecular flexibility index (Phi) is 3.22. The van der Waals surface area contributed by atoms with Crippen molar-refractivity contribution >= 4 is 28.7 Å². The fourth-order valence-electron chi connectivity index (χ4n) is 2.68. The quantitative estimate of drug-likeness (QED) is 0.817. The number of fused-ring (bicyclic) bond motifs is 1. The van der Waals surface area contributed by atoms with E-state index in [1.165, 1.54) is 11.3 Å². The van der Waals surface area contributed by atoms with Crippen LogP contribution in [0.3, 0.4) is 0 Å². The van der Waals surface area contributed by atoms with Crippen LogP contribution in [0.2, 0.25) is 0 Å². The molecule has 0 saturated carbocycles. The molecular formula is C15H18N4S. The van der Waals surface area contributed by atoms with Gasteiger partial charge in [0.05, 0.1) is 17.1 Å². The summed E-state index contributed by atoms with van der Waals surface area (Å²) in [7, 11) is 1.95. The van der Waals surface area contributed by atoms with E-state index in [2.05, 4.69) is 39.6 Å². The molecule has 0 radical (unpaired) electrons. The Hall–Kier alpha value is -1.88. The molecule has 0 spiro atoms. The normalized spacial score (nSPS) is 13.4. The number of benzene rings is 1. The van der Waals surface area contributed by atoms with Gasteiger partial charge in [-0.1, -0.05) is 18.2 Å². The summed E-state index contributed by atoms with van der Waals surface area (Å²) >= 11 is 5.58. The van der Waals surface area contributed by atoms with Gasteiger partial charge in [-0.05, 0) is 44.1 Å². The first-order valence-corrected chi connectivity index (χ1v) is 7.15. The monoisotopic (exact) mass is 286 g/mol. The van der Waals surface area contributed by atoms with Gasteiger partial charge in [-0.15, -0.1) is 0 Å². The van der Waals surface area contributed by atoms with E-state index >= 15 is 0 Å². The minimum atomic E-state index is 0.745. The molecule has 2 aromatic rings. The van der Waals surface area contributed by atoms with E-state index in [1.807, 2.05) is 25.6 Å². The maximum atomic E-state index is 5.58. The zero-order chi connectivity index (χ0) is 14.3. The number of hydrogen-bond donors (Lipinski definition) is 1. The summed E-state index contributed by atoms with van der Waals surface area (Å²) in [5.41, 5.74) is 5.65. The average Bonchev–Trinajstić information content (AvgIpc) is 2.96. The van der Waals surface area contributed by atoms with E-state index in [4.69, 9.17) is 12.2 Å². The fraction of sp³-hybridized carbons (Fsp3) is 0.333. The number of nitrogens with one attached hydrogen (secondary N) is 1. The topological polar surface area (TPSA) is 33.1 Å². The molecule has 3 rings (SSSR count). The number of hydrogen-bond acceptors (Lipinski definition) is 2. The molecule has 104 valence electrons. The molecule has 1 aromatic carbocycles. The van der Waals surface area contributed by atoms with Gasteiger partial charge < -0.3 is 10.2 Å². The lowest BCUT2D eigenvalue weighted by Crippen LogP contribution is -2.33. The summed E-state index contributed by atoms with van der Waals surface area (Å²) in [5, 5.41) is 8.51. The van der Waals surface area contributed by atoms with Crippen LogP contribution in [0.25, 0.3) is 0 Å². The standard InChI is InChI=1S/C15H18N4S/c1-10-14(11(2)18(3)17-10)16-15(20)19-9-8-12-6-4-5-7-13(12)19/h4-7H,8-9H2,1-3H3,(H,16,20). The van der Waals surface area contributed by atoms with Crippen molar-refractivity contribution in [3.8, 4) is 0 Å². The van der Waals surface area contributed by atoms with Gasteiger partial charge in [0.2, 0.25) is 0 Å². The molecule has 2 heterocycles. The molecule has 0 unspecified atom stereocenters. The van der Waals surface area contributed by atoms with Crippen molar-refractivity contribution < 1.29 is 0 Å². The van der Waals surface area contributed by atoms with E-state index in [1.54, 1.807) is 0 Å². The Bertz CT molecular complexity index is 675. The molecule has 1 aliphatic rings. The smallest absolute Gasteiger partial charge is 0.178 e. The Labute approximate surface area is 124 Å². The van der Waals surface area contributed by atoms with E-state index in [0.717, 1.165) is 35.2 Å². The minimum absolute atomic E-state index is 0.745. The lowest BCUT2D eigenvalue weighted by molar-refractivity contribution is 0.731. The van der Waals surface area contributed by atoms with Crippen LogP contribution >= 0.6 is 12.2 Å². The number of para-hydroxylation sites is 1. The third-order valence-corrected chi connectivity index (χ3v) is 4.20. The van der Waals surface area contributed by atoms with Crippen molar-refractivity contribution in [3.63, 3.8) is 0 Å².